The second-order valence-corrected chi connectivity index (χ2v) is 5.42. The van der Waals surface area contributed by atoms with Crippen LogP contribution in [0.4, 0.5) is 0 Å². The minimum absolute atomic E-state index is 0. The summed E-state index contributed by atoms with van der Waals surface area (Å²) in [7, 11) is 0. The van der Waals surface area contributed by atoms with E-state index in [4.69, 9.17) is 0 Å². The van der Waals surface area contributed by atoms with Gasteiger partial charge in [0.2, 0.25) is 0 Å². The van der Waals surface area contributed by atoms with Crippen LogP contribution in [0.5, 0.6) is 5.75 Å². The summed E-state index contributed by atoms with van der Waals surface area (Å²) in [4.78, 5) is 14.2. The molecule has 7 heteroatoms. The summed E-state index contributed by atoms with van der Waals surface area (Å²) in [5, 5.41) is 15.8. The molecule has 0 aromatic heterocycles. The number of nitrogens with zero attached hydrogens (tertiary/aromatic N) is 1. The Morgan fingerprint density at radius 3 is 2.80 bits per heavy atom. The quantitative estimate of drug-likeness (QED) is 0.751. The van der Waals surface area contributed by atoms with Crippen LogP contribution in [-0.2, 0) is 0 Å². The Kier molecular flexibility index (Phi) is 7.29. The zero-order valence-corrected chi connectivity index (χ0v) is 13.5. The van der Waals surface area contributed by atoms with Gasteiger partial charge in [0.1, 0.15) is 5.75 Å². The fourth-order valence-corrected chi connectivity index (χ4v) is 2.41. The van der Waals surface area contributed by atoms with Crippen LogP contribution < -0.4 is 10.6 Å². The van der Waals surface area contributed by atoms with Crippen LogP contribution >= 0.6 is 28.3 Å². The Hall–Kier alpha value is -0.820. The number of phenolic OH excluding ortho intramolecular Hbond substituents is 1. The minimum Gasteiger partial charge on any atom is -0.507 e. The van der Waals surface area contributed by atoms with Crippen molar-refractivity contribution in [1.29, 1.82) is 0 Å². The van der Waals surface area contributed by atoms with Gasteiger partial charge in [-0.3, -0.25) is 9.69 Å². The molecule has 0 atom stereocenters. The number of nitrogens with one attached hydrogen (secondary N) is 2. The molecule has 1 aromatic rings. The fourth-order valence-electron chi connectivity index (χ4n) is 2.05. The molecule has 20 heavy (non-hydrogen) atoms. The maximum absolute atomic E-state index is 11.9. The van der Waals surface area contributed by atoms with Crippen LogP contribution in [0.15, 0.2) is 22.7 Å². The molecule has 112 valence electrons. The molecule has 1 aliphatic rings. The third-order valence-corrected chi connectivity index (χ3v) is 3.62. The maximum atomic E-state index is 11.9. The predicted octanol–water partition coefficient (Wildman–Crippen LogP) is 1.21. The predicted molar refractivity (Wildman–Crippen MR) is 84.7 cm³/mol. The van der Waals surface area contributed by atoms with Crippen molar-refractivity contribution in [3.05, 3.63) is 28.2 Å². The standard InChI is InChI=1S/C13H18BrN3O2.ClH/c14-10-1-2-12(18)11(9-10)13(19)16-5-8-17-6-3-15-4-7-17;/h1-2,9,15,18H,3-8H2,(H,16,19);1H. The van der Waals surface area contributed by atoms with Crippen LogP contribution in [0.2, 0.25) is 0 Å². The summed E-state index contributed by atoms with van der Waals surface area (Å²) in [6.45, 7) is 5.45. The third kappa shape index (κ3) is 4.94. The lowest BCUT2D eigenvalue weighted by Gasteiger charge is -2.27. The van der Waals surface area contributed by atoms with Crippen LogP contribution in [0.25, 0.3) is 0 Å². The van der Waals surface area contributed by atoms with Crippen molar-refractivity contribution < 1.29 is 9.90 Å². The highest BCUT2D eigenvalue weighted by atomic mass is 79.9. The molecule has 0 spiro atoms. The summed E-state index contributed by atoms with van der Waals surface area (Å²) in [5.41, 5.74) is 0.301. The first-order valence-corrected chi connectivity index (χ1v) is 7.16. The Morgan fingerprint density at radius 2 is 2.10 bits per heavy atom. The van der Waals surface area contributed by atoms with Gasteiger partial charge in [0.05, 0.1) is 5.56 Å². The van der Waals surface area contributed by atoms with E-state index in [0.29, 0.717) is 12.1 Å². The van der Waals surface area contributed by atoms with E-state index in [1.807, 2.05) is 0 Å². The first-order chi connectivity index (χ1) is 9.16. The van der Waals surface area contributed by atoms with Gasteiger partial charge in [-0.2, -0.15) is 0 Å². The molecule has 1 heterocycles. The zero-order chi connectivity index (χ0) is 13.7. The number of aromatic hydroxyl groups is 1. The fraction of sp³-hybridized carbons (Fsp3) is 0.462. The molecule has 0 radical (unpaired) electrons. The number of phenols is 1. The Morgan fingerprint density at radius 1 is 1.40 bits per heavy atom. The Bertz CT molecular complexity index is 453. The molecule has 1 aromatic carbocycles. The molecule has 1 amide bonds. The number of hydrogen-bond acceptors (Lipinski definition) is 4. The second-order valence-electron chi connectivity index (χ2n) is 4.51. The Labute approximate surface area is 133 Å². The number of rotatable bonds is 4. The number of carbonyl (C=O) groups is 1. The molecule has 1 fully saturated rings. The number of carbonyl (C=O) groups excluding carboxylic acids is 1. The summed E-state index contributed by atoms with van der Waals surface area (Å²) < 4.78 is 0.776. The molecule has 0 unspecified atom stereocenters. The van der Waals surface area contributed by atoms with E-state index >= 15 is 0 Å². The SMILES string of the molecule is Cl.O=C(NCCN1CCNCC1)c1cc(Br)ccc1O. The molecule has 1 aliphatic heterocycles. The summed E-state index contributed by atoms with van der Waals surface area (Å²) in [6, 6.07) is 4.83. The molecule has 0 bridgehead atoms. The van der Waals surface area contributed by atoms with Gasteiger partial charge >= 0.3 is 0 Å². The summed E-state index contributed by atoms with van der Waals surface area (Å²) in [6.07, 6.45) is 0. The van der Waals surface area contributed by atoms with Gasteiger partial charge in [0, 0.05) is 43.7 Å². The van der Waals surface area contributed by atoms with Gasteiger partial charge in [-0.25, -0.2) is 0 Å². The first-order valence-electron chi connectivity index (χ1n) is 6.36. The highest BCUT2D eigenvalue weighted by Crippen LogP contribution is 2.21. The third-order valence-electron chi connectivity index (χ3n) is 3.13. The minimum atomic E-state index is -0.242. The van der Waals surface area contributed by atoms with Gasteiger partial charge in [-0.05, 0) is 18.2 Å². The van der Waals surface area contributed by atoms with E-state index in [1.165, 1.54) is 6.07 Å². The van der Waals surface area contributed by atoms with E-state index in [1.54, 1.807) is 12.1 Å². The molecule has 0 aliphatic carbocycles. The zero-order valence-electron chi connectivity index (χ0n) is 11.1. The van der Waals surface area contributed by atoms with Crippen LogP contribution in [0, 0.1) is 0 Å². The smallest absolute Gasteiger partial charge is 0.255 e. The highest BCUT2D eigenvalue weighted by molar-refractivity contribution is 9.10. The largest absolute Gasteiger partial charge is 0.507 e. The highest BCUT2D eigenvalue weighted by Gasteiger charge is 2.13. The van der Waals surface area contributed by atoms with E-state index < -0.39 is 0 Å². The van der Waals surface area contributed by atoms with Gasteiger partial charge in [-0.15, -0.1) is 12.4 Å². The second kappa shape index (κ2) is 8.46. The van der Waals surface area contributed by atoms with Crippen LogP contribution in [-0.4, -0.2) is 55.2 Å². The Balaban J connectivity index is 0.00000200. The number of hydrogen-bond donors (Lipinski definition) is 3. The van der Waals surface area contributed by atoms with Crippen molar-refractivity contribution in [2.45, 2.75) is 0 Å². The van der Waals surface area contributed by atoms with E-state index in [0.717, 1.165) is 37.2 Å². The molecular formula is C13H19BrClN3O2. The van der Waals surface area contributed by atoms with Crippen LogP contribution in [0.3, 0.4) is 0 Å². The lowest BCUT2D eigenvalue weighted by molar-refractivity contribution is 0.0944. The number of amides is 1. The van der Waals surface area contributed by atoms with Gasteiger partial charge in [0.25, 0.3) is 5.91 Å². The molecule has 3 N–H and O–H groups in total. The number of benzene rings is 1. The molecule has 2 rings (SSSR count). The van der Waals surface area contributed by atoms with E-state index in [2.05, 4.69) is 31.5 Å². The maximum Gasteiger partial charge on any atom is 0.255 e. The van der Waals surface area contributed by atoms with Crippen molar-refractivity contribution in [1.82, 2.24) is 15.5 Å². The molecule has 1 saturated heterocycles. The molecule has 5 nitrogen and oxygen atoms in total. The number of halogens is 2. The normalized spacial score (nSPS) is 15.4. The lowest BCUT2D eigenvalue weighted by Crippen LogP contribution is -2.46. The number of piperazine rings is 1. The van der Waals surface area contributed by atoms with E-state index in [9.17, 15) is 9.90 Å². The van der Waals surface area contributed by atoms with Gasteiger partial charge in [-0.1, -0.05) is 15.9 Å². The van der Waals surface area contributed by atoms with Crippen molar-refractivity contribution in [2.75, 3.05) is 39.3 Å². The average Bonchev–Trinajstić information content (AvgIpc) is 2.42. The van der Waals surface area contributed by atoms with Gasteiger partial charge in [0.15, 0.2) is 0 Å². The monoisotopic (exact) mass is 363 g/mol. The van der Waals surface area contributed by atoms with E-state index in [-0.39, 0.29) is 24.1 Å². The summed E-state index contributed by atoms with van der Waals surface area (Å²) >= 11 is 3.29. The van der Waals surface area contributed by atoms with Crippen molar-refractivity contribution >= 4 is 34.2 Å². The molecular weight excluding hydrogens is 346 g/mol. The average molecular weight is 365 g/mol. The first kappa shape index (κ1) is 17.2. The van der Waals surface area contributed by atoms with Crippen LogP contribution in [0.1, 0.15) is 10.4 Å². The van der Waals surface area contributed by atoms with Crippen molar-refractivity contribution in [3.8, 4) is 5.75 Å². The summed E-state index contributed by atoms with van der Waals surface area (Å²) in [5.74, 6) is -0.239. The van der Waals surface area contributed by atoms with Crippen molar-refractivity contribution in [3.63, 3.8) is 0 Å². The lowest BCUT2D eigenvalue weighted by atomic mass is 10.2. The topological polar surface area (TPSA) is 64.6 Å². The molecule has 0 saturated carbocycles. The van der Waals surface area contributed by atoms with Gasteiger partial charge < -0.3 is 15.7 Å². The van der Waals surface area contributed by atoms with Crippen molar-refractivity contribution in [2.24, 2.45) is 0 Å².